The summed E-state index contributed by atoms with van der Waals surface area (Å²) in [6, 6.07) is 9.71. The Balaban J connectivity index is 2.87. The first-order valence-electron chi connectivity index (χ1n) is 3.82. The molecule has 66 valence electrons. The first kappa shape index (κ1) is 9.09. The van der Waals surface area contributed by atoms with Crippen molar-refractivity contribution in [1.29, 1.82) is 0 Å². The summed E-state index contributed by atoms with van der Waals surface area (Å²) in [5.41, 5.74) is 6.60. The first-order chi connectivity index (χ1) is 6.18. The van der Waals surface area contributed by atoms with Gasteiger partial charge in [0, 0.05) is 14.3 Å². The van der Waals surface area contributed by atoms with Gasteiger partial charge in [0.1, 0.15) is 0 Å². The zero-order chi connectivity index (χ0) is 9.42. The average molecular weight is 304 g/mol. The molecule has 0 radical (unpaired) electrons. The molecule has 0 atom stereocenters. The van der Waals surface area contributed by atoms with E-state index in [2.05, 4.69) is 22.6 Å². The van der Waals surface area contributed by atoms with Crippen LogP contribution in [0.15, 0.2) is 30.3 Å². The summed E-state index contributed by atoms with van der Waals surface area (Å²) < 4.78 is 1.09. The molecule has 0 saturated heterocycles. The molecule has 0 heterocycles. The van der Waals surface area contributed by atoms with Crippen molar-refractivity contribution < 1.29 is 0 Å². The van der Waals surface area contributed by atoms with E-state index < -0.39 is 0 Å². The van der Waals surface area contributed by atoms with Gasteiger partial charge in [-0.05, 0) is 51.6 Å². The van der Waals surface area contributed by atoms with E-state index in [4.69, 9.17) is 17.3 Å². The van der Waals surface area contributed by atoms with Crippen molar-refractivity contribution in [2.24, 2.45) is 0 Å². The Morgan fingerprint density at radius 2 is 1.92 bits per heavy atom. The lowest BCUT2D eigenvalue weighted by atomic mass is 10.1. The summed E-state index contributed by atoms with van der Waals surface area (Å²) in [4.78, 5) is 0. The summed E-state index contributed by atoms with van der Waals surface area (Å²) in [6.45, 7) is 0. The molecule has 0 amide bonds. The average Bonchev–Trinajstić information content (AvgIpc) is 2.12. The van der Waals surface area contributed by atoms with E-state index in [9.17, 15) is 0 Å². The molecule has 3 heteroatoms. The third kappa shape index (κ3) is 1.60. The Bertz CT molecular complexity index is 468. The third-order valence-corrected chi connectivity index (χ3v) is 3.38. The van der Waals surface area contributed by atoms with Gasteiger partial charge in [0.15, 0.2) is 0 Å². The third-order valence-electron chi connectivity index (χ3n) is 1.95. The van der Waals surface area contributed by atoms with E-state index in [1.54, 1.807) is 0 Å². The van der Waals surface area contributed by atoms with Crippen LogP contribution in [-0.2, 0) is 0 Å². The van der Waals surface area contributed by atoms with E-state index in [1.807, 2.05) is 30.3 Å². The van der Waals surface area contributed by atoms with Gasteiger partial charge in [-0.2, -0.15) is 0 Å². The second kappa shape index (κ2) is 3.35. The number of nitrogens with two attached hydrogens (primary N) is 1. The monoisotopic (exact) mass is 303 g/mol. The molecular formula is C10H7ClIN. The lowest BCUT2D eigenvalue weighted by Gasteiger charge is -2.03. The van der Waals surface area contributed by atoms with Crippen molar-refractivity contribution in [3.8, 4) is 0 Å². The lowest BCUT2D eigenvalue weighted by Crippen LogP contribution is -1.89. The molecule has 0 aliphatic rings. The van der Waals surface area contributed by atoms with Gasteiger partial charge >= 0.3 is 0 Å². The number of benzene rings is 2. The largest absolute Gasteiger partial charge is 0.398 e. The van der Waals surface area contributed by atoms with Crippen LogP contribution in [0.25, 0.3) is 10.8 Å². The molecule has 0 aromatic heterocycles. The van der Waals surface area contributed by atoms with Crippen LogP contribution >= 0.6 is 34.2 Å². The topological polar surface area (TPSA) is 26.0 Å². The maximum Gasteiger partial charge on any atom is 0.0456 e. The minimum absolute atomic E-state index is 0.757. The number of fused-ring (bicyclic) bond motifs is 1. The molecule has 2 rings (SSSR count). The Labute approximate surface area is 95.0 Å². The Hall–Kier alpha value is -0.480. The molecule has 13 heavy (non-hydrogen) atoms. The molecule has 1 nitrogen and oxygen atoms in total. The van der Waals surface area contributed by atoms with Crippen molar-refractivity contribution in [1.82, 2.24) is 0 Å². The van der Waals surface area contributed by atoms with Gasteiger partial charge < -0.3 is 5.73 Å². The maximum absolute atomic E-state index is 5.88. The summed E-state index contributed by atoms with van der Waals surface area (Å²) in [5, 5.41) is 3.05. The molecule has 0 saturated carbocycles. The molecule has 0 fully saturated rings. The fourth-order valence-corrected chi connectivity index (χ4v) is 2.13. The van der Waals surface area contributed by atoms with Crippen molar-refractivity contribution in [3.05, 3.63) is 38.9 Å². The van der Waals surface area contributed by atoms with Crippen molar-refractivity contribution in [3.63, 3.8) is 0 Å². The van der Waals surface area contributed by atoms with Crippen molar-refractivity contribution in [2.75, 3.05) is 5.73 Å². The highest BCUT2D eigenvalue weighted by atomic mass is 127. The predicted molar refractivity (Wildman–Crippen MR) is 66.1 cm³/mol. The molecule has 0 unspecified atom stereocenters. The van der Waals surface area contributed by atoms with Crippen LogP contribution < -0.4 is 5.73 Å². The van der Waals surface area contributed by atoms with E-state index in [1.165, 1.54) is 0 Å². The van der Waals surface area contributed by atoms with E-state index in [0.717, 1.165) is 25.1 Å². The molecule has 2 aromatic rings. The lowest BCUT2D eigenvalue weighted by molar-refractivity contribution is 1.68. The van der Waals surface area contributed by atoms with E-state index in [-0.39, 0.29) is 0 Å². The highest BCUT2D eigenvalue weighted by Gasteiger charge is 2.01. The number of hydrogen-bond acceptors (Lipinski definition) is 1. The van der Waals surface area contributed by atoms with Crippen LogP contribution in [0.3, 0.4) is 0 Å². The molecule has 0 spiro atoms. The Morgan fingerprint density at radius 1 is 1.15 bits per heavy atom. The summed E-state index contributed by atoms with van der Waals surface area (Å²) in [6.07, 6.45) is 0. The van der Waals surface area contributed by atoms with Crippen molar-refractivity contribution in [2.45, 2.75) is 0 Å². The quantitative estimate of drug-likeness (QED) is 0.583. The molecular weight excluding hydrogens is 296 g/mol. The highest BCUT2D eigenvalue weighted by Crippen LogP contribution is 2.27. The smallest absolute Gasteiger partial charge is 0.0456 e. The number of halogens is 2. The maximum atomic E-state index is 5.88. The zero-order valence-corrected chi connectivity index (χ0v) is 9.63. The number of hydrogen-bond donors (Lipinski definition) is 1. The van der Waals surface area contributed by atoms with Crippen LogP contribution in [0.2, 0.25) is 5.02 Å². The number of anilines is 1. The standard InChI is InChI=1S/C10H7ClIN/c11-7-2-3-8-6(5-7)1-4-9(13)10(8)12/h1-5H,13H2. The molecule has 0 bridgehead atoms. The summed E-state index contributed by atoms with van der Waals surface area (Å²) in [7, 11) is 0. The molecule has 0 aliphatic carbocycles. The fourth-order valence-electron chi connectivity index (χ4n) is 1.28. The fraction of sp³-hybridized carbons (Fsp3) is 0. The van der Waals surface area contributed by atoms with E-state index in [0.29, 0.717) is 0 Å². The SMILES string of the molecule is Nc1ccc2cc(Cl)ccc2c1I. The number of nitrogen functional groups attached to an aromatic ring is 1. The second-order valence-corrected chi connectivity index (χ2v) is 4.35. The van der Waals surface area contributed by atoms with Crippen LogP contribution in [0.5, 0.6) is 0 Å². The van der Waals surface area contributed by atoms with Gasteiger partial charge in [-0.1, -0.05) is 23.7 Å². The summed E-state index contributed by atoms with van der Waals surface area (Å²) >= 11 is 8.12. The molecule has 2 aromatic carbocycles. The summed E-state index contributed by atoms with van der Waals surface area (Å²) in [5.74, 6) is 0. The van der Waals surface area contributed by atoms with Gasteiger partial charge in [0.05, 0.1) is 0 Å². The normalized spacial score (nSPS) is 10.6. The van der Waals surface area contributed by atoms with Gasteiger partial charge in [0.2, 0.25) is 0 Å². The van der Waals surface area contributed by atoms with Crippen LogP contribution in [0.1, 0.15) is 0 Å². The van der Waals surface area contributed by atoms with Gasteiger partial charge in [0.25, 0.3) is 0 Å². The first-order valence-corrected chi connectivity index (χ1v) is 5.27. The van der Waals surface area contributed by atoms with E-state index >= 15 is 0 Å². The molecule has 0 aliphatic heterocycles. The van der Waals surface area contributed by atoms with Crippen LogP contribution in [0, 0.1) is 3.57 Å². The van der Waals surface area contributed by atoms with Crippen LogP contribution in [0.4, 0.5) is 5.69 Å². The Morgan fingerprint density at radius 3 is 2.69 bits per heavy atom. The van der Waals surface area contributed by atoms with Crippen LogP contribution in [-0.4, -0.2) is 0 Å². The minimum atomic E-state index is 0.757. The van der Waals surface area contributed by atoms with Gasteiger partial charge in [-0.3, -0.25) is 0 Å². The van der Waals surface area contributed by atoms with Crippen molar-refractivity contribution >= 4 is 50.7 Å². The Kier molecular flexibility index (Phi) is 2.34. The molecule has 2 N–H and O–H groups in total. The highest BCUT2D eigenvalue weighted by molar-refractivity contribution is 14.1. The van der Waals surface area contributed by atoms with Gasteiger partial charge in [-0.15, -0.1) is 0 Å². The zero-order valence-electron chi connectivity index (χ0n) is 6.72. The predicted octanol–water partition coefficient (Wildman–Crippen LogP) is 3.68. The van der Waals surface area contributed by atoms with Gasteiger partial charge in [-0.25, -0.2) is 0 Å². The number of rotatable bonds is 0. The minimum Gasteiger partial charge on any atom is -0.398 e. The second-order valence-electron chi connectivity index (χ2n) is 2.83.